The minimum Gasteiger partial charge on any atom is -0.493 e. The molecule has 2 aromatic rings. The van der Waals surface area contributed by atoms with Gasteiger partial charge in [0, 0.05) is 23.5 Å². The first-order chi connectivity index (χ1) is 13.9. The molecule has 1 aliphatic heterocycles. The van der Waals surface area contributed by atoms with Crippen LogP contribution in [0.2, 0.25) is 0 Å². The van der Waals surface area contributed by atoms with E-state index < -0.39 is 0 Å². The summed E-state index contributed by atoms with van der Waals surface area (Å²) >= 11 is 0. The van der Waals surface area contributed by atoms with Crippen molar-refractivity contribution in [2.24, 2.45) is 5.92 Å². The molecule has 0 radical (unpaired) electrons. The molecule has 0 aliphatic carbocycles. The highest BCUT2D eigenvalue weighted by Crippen LogP contribution is 2.34. The molecular formula is C24H33N2O3+. The van der Waals surface area contributed by atoms with E-state index in [-0.39, 0.29) is 17.9 Å². The van der Waals surface area contributed by atoms with Crippen molar-refractivity contribution in [1.82, 2.24) is 5.32 Å². The Balaban J connectivity index is 1.94. The second-order valence-electron chi connectivity index (χ2n) is 8.12. The monoisotopic (exact) mass is 397 g/mol. The van der Waals surface area contributed by atoms with Crippen molar-refractivity contribution < 1.29 is 19.2 Å². The number of ether oxygens (including phenoxy) is 2. The van der Waals surface area contributed by atoms with Gasteiger partial charge in [-0.05, 0) is 30.2 Å². The van der Waals surface area contributed by atoms with Crippen LogP contribution in [-0.2, 0) is 17.8 Å². The zero-order valence-electron chi connectivity index (χ0n) is 18.2. The van der Waals surface area contributed by atoms with E-state index in [2.05, 4.69) is 48.6 Å². The summed E-state index contributed by atoms with van der Waals surface area (Å²) in [6, 6.07) is 12.9. The van der Waals surface area contributed by atoms with E-state index in [1.54, 1.807) is 14.2 Å². The van der Waals surface area contributed by atoms with Crippen LogP contribution in [-0.4, -0.2) is 33.2 Å². The van der Waals surface area contributed by atoms with Gasteiger partial charge < -0.3 is 19.7 Å². The number of amides is 1. The maximum Gasteiger partial charge on any atom is 0.222 e. The molecule has 0 saturated carbocycles. The van der Waals surface area contributed by atoms with Crippen LogP contribution in [0.4, 0.5) is 0 Å². The summed E-state index contributed by atoms with van der Waals surface area (Å²) in [4.78, 5) is 13.7. The third-order valence-corrected chi connectivity index (χ3v) is 5.91. The maximum absolute atomic E-state index is 12.3. The summed E-state index contributed by atoms with van der Waals surface area (Å²) < 4.78 is 11.1. The van der Waals surface area contributed by atoms with Gasteiger partial charge in [-0.1, -0.05) is 38.1 Å². The van der Waals surface area contributed by atoms with Crippen molar-refractivity contribution >= 4 is 5.91 Å². The topological polar surface area (TPSA) is 52.0 Å². The molecule has 0 saturated heterocycles. The number of methoxy groups -OCH3 is 2. The minimum absolute atomic E-state index is 0.0247. The van der Waals surface area contributed by atoms with Gasteiger partial charge in [-0.25, -0.2) is 0 Å². The summed E-state index contributed by atoms with van der Waals surface area (Å²) in [5.74, 6) is 1.57. The van der Waals surface area contributed by atoms with E-state index in [4.69, 9.17) is 9.47 Å². The van der Waals surface area contributed by atoms with E-state index in [0.29, 0.717) is 6.54 Å². The number of hydrogen-bond donors (Lipinski definition) is 2. The fourth-order valence-corrected chi connectivity index (χ4v) is 4.09. The van der Waals surface area contributed by atoms with Gasteiger partial charge in [0.2, 0.25) is 5.91 Å². The third-order valence-electron chi connectivity index (χ3n) is 5.91. The van der Waals surface area contributed by atoms with Crippen molar-refractivity contribution in [1.29, 1.82) is 0 Å². The zero-order chi connectivity index (χ0) is 21.0. The summed E-state index contributed by atoms with van der Waals surface area (Å²) in [6.07, 6.45) is 0.978. The lowest BCUT2D eigenvalue weighted by Gasteiger charge is -2.35. The molecule has 5 heteroatoms. The zero-order valence-corrected chi connectivity index (χ0v) is 18.2. The predicted octanol–water partition coefficient (Wildman–Crippen LogP) is 2.47. The number of aryl methyl sites for hydroxylation is 1. The first-order valence-electron chi connectivity index (χ1n) is 10.4. The Bertz CT molecular complexity index is 863. The van der Waals surface area contributed by atoms with E-state index in [0.717, 1.165) is 31.0 Å². The Morgan fingerprint density at radius 2 is 1.86 bits per heavy atom. The summed E-state index contributed by atoms with van der Waals surface area (Å²) in [7, 11) is 3.34. The Labute approximate surface area is 174 Å². The number of nitrogens with one attached hydrogen (secondary N) is 2. The van der Waals surface area contributed by atoms with E-state index in [1.807, 2.05) is 13.8 Å². The molecule has 156 valence electrons. The van der Waals surface area contributed by atoms with Gasteiger partial charge in [-0.2, -0.15) is 0 Å². The van der Waals surface area contributed by atoms with Crippen molar-refractivity contribution in [3.8, 4) is 11.5 Å². The highest BCUT2D eigenvalue weighted by atomic mass is 16.5. The lowest BCUT2D eigenvalue weighted by molar-refractivity contribution is -0.945. The molecule has 0 spiro atoms. The number of carbonyl (C=O) groups is 1. The minimum atomic E-state index is -0.0247. The third kappa shape index (κ3) is 4.73. The van der Waals surface area contributed by atoms with Gasteiger partial charge in [0.1, 0.15) is 12.6 Å². The Kier molecular flexibility index (Phi) is 6.80. The molecule has 2 atom stereocenters. The van der Waals surface area contributed by atoms with Crippen molar-refractivity contribution in [2.75, 3.05) is 27.3 Å². The number of hydrogen-bond acceptors (Lipinski definition) is 3. The van der Waals surface area contributed by atoms with Gasteiger partial charge in [-0.3, -0.25) is 4.79 Å². The molecule has 0 aromatic heterocycles. The van der Waals surface area contributed by atoms with Crippen LogP contribution in [0.25, 0.3) is 0 Å². The van der Waals surface area contributed by atoms with Crippen LogP contribution < -0.4 is 19.7 Å². The van der Waals surface area contributed by atoms with Gasteiger partial charge >= 0.3 is 0 Å². The standard InChI is InChI=1S/C24H32N2O3/c1-16(2)24(27)25-14-21-20-13-23(29-5)22(28-4)12-18(20)10-11-26(21)15-19-9-7-6-8-17(19)3/h6-9,12-13,16,21H,10-11,14-15H2,1-5H3,(H,25,27)/p+1/t21-/m0/s1. The van der Waals surface area contributed by atoms with Gasteiger partial charge in [0.15, 0.2) is 11.5 Å². The number of benzene rings is 2. The normalized spacial score (nSPS) is 18.3. The van der Waals surface area contributed by atoms with Crippen molar-refractivity contribution in [3.05, 3.63) is 58.7 Å². The second kappa shape index (κ2) is 9.31. The second-order valence-corrected chi connectivity index (χ2v) is 8.12. The average Bonchev–Trinajstić information content (AvgIpc) is 2.72. The summed E-state index contributed by atoms with van der Waals surface area (Å²) in [5, 5.41) is 3.16. The highest BCUT2D eigenvalue weighted by Gasteiger charge is 2.33. The molecule has 1 heterocycles. The largest absolute Gasteiger partial charge is 0.493 e. The maximum atomic E-state index is 12.3. The molecule has 29 heavy (non-hydrogen) atoms. The molecule has 5 nitrogen and oxygen atoms in total. The van der Waals surface area contributed by atoms with Gasteiger partial charge in [0.05, 0.1) is 27.3 Å². The molecule has 2 N–H and O–H groups in total. The molecular weight excluding hydrogens is 364 g/mol. The molecule has 3 rings (SSSR count). The number of carbonyl (C=O) groups excluding carboxylic acids is 1. The number of fused-ring (bicyclic) bond motifs is 1. The van der Waals surface area contributed by atoms with Crippen LogP contribution in [0.15, 0.2) is 36.4 Å². The lowest BCUT2D eigenvalue weighted by Crippen LogP contribution is -3.12. The lowest BCUT2D eigenvalue weighted by atomic mass is 9.91. The Morgan fingerprint density at radius 3 is 2.52 bits per heavy atom. The van der Waals surface area contributed by atoms with Crippen LogP contribution in [0.5, 0.6) is 11.5 Å². The van der Waals surface area contributed by atoms with E-state index in [1.165, 1.54) is 27.2 Å². The molecule has 0 fully saturated rings. The smallest absolute Gasteiger partial charge is 0.222 e. The van der Waals surface area contributed by atoms with Crippen molar-refractivity contribution in [2.45, 2.75) is 39.8 Å². The molecule has 0 bridgehead atoms. The fraction of sp³-hybridized carbons (Fsp3) is 0.458. The van der Waals surface area contributed by atoms with Crippen LogP contribution in [0.3, 0.4) is 0 Å². The molecule has 1 aliphatic rings. The van der Waals surface area contributed by atoms with Crippen LogP contribution in [0, 0.1) is 12.8 Å². The number of rotatable bonds is 7. The molecule has 1 amide bonds. The van der Waals surface area contributed by atoms with E-state index >= 15 is 0 Å². The number of quaternary nitrogens is 1. The SMILES string of the molecule is COc1cc2c(cc1OC)[C@H](CNC(=O)C(C)C)[NH+](Cc1ccccc1C)CC2. The average molecular weight is 398 g/mol. The summed E-state index contributed by atoms with van der Waals surface area (Å²) in [6.45, 7) is 8.57. The fourth-order valence-electron chi connectivity index (χ4n) is 4.09. The summed E-state index contributed by atoms with van der Waals surface area (Å²) in [5.41, 5.74) is 5.18. The predicted molar refractivity (Wildman–Crippen MR) is 115 cm³/mol. The van der Waals surface area contributed by atoms with Crippen molar-refractivity contribution in [3.63, 3.8) is 0 Å². The Hall–Kier alpha value is -2.53. The van der Waals surface area contributed by atoms with Gasteiger partial charge in [0.25, 0.3) is 0 Å². The van der Waals surface area contributed by atoms with Gasteiger partial charge in [-0.15, -0.1) is 0 Å². The first-order valence-corrected chi connectivity index (χ1v) is 10.4. The highest BCUT2D eigenvalue weighted by molar-refractivity contribution is 5.77. The van der Waals surface area contributed by atoms with Crippen LogP contribution >= 0.6 is 0 Å². The van der Waals surface area contributed by atoms with E-state index in [9.17, 15) is 4.79 Å². The van der Waals surface area contributed by atoms with Crippen LogP contribution in [0.1, 0.15) is 42.1 Å². The molecule has 2 aromatic carbocycles. The molecule has 1 unspecified atom stereocenters. The first kappa shape index (κ1) is 21.2. The quantitative estimate of drug-likeness (QED) is 0.755. The Morgan fingerprint density at radius 1 is 1.17 bits per heavy atom.